The van der Waals surface area contributed by atoms with Crippen molar-refractivity contribution in [1.82, 2.24) is 4.98 Å². The van der Waals surface area contributed by atoms with E-state index in [1.165, 1.54) is 0 Å². The Morgan fingerprint density at radius 3 is 2.31 bits per heavy atom. The van der Waals surface area contributed by atoms with Gasteiger partial charge in [-0.2, -0.15) is 13.2 Å². The Bertz CT molecular complexity index is 439. The number of hydrogen-bond donors (Lipinski definition) is 1. The van der Waals surface area contributed by atoms with Gasteiger partial charge >= 0.3 is 6.18 Å². The molecule has 8 heteroatoms. The second kappa shape index (κ2) is 4.52. The Balaban J connectivity index is 3.47. The lowest BCUT2D eigenvalue weighted by Crippen LogP contribution is -2.23. The quantitative estimate of drug-likeness (QED) is 0.660. The standard InChI is InChI=1S/C8H5BrF5NO/c9-2-4-6(8(12,13)14)5(16)1-3(15-4)7(10)11/h1,7H,2H2,(H,15,16). The first kappa shape index (κ1) is 13.1. The van der Waals surface area contributed by atoms with Crippen LogP contribution in [0.3, 0.4) is 0 Å². The van der Waals surface area contributed by atoms with Gasteiger partial charge in [-0.05, 0) is 0 Å². The van der Waals surface area contributed by atoms with Gasteiger partial charge in [-0.3, -0.25) is 4.79 Å². The molecule has 0 fully saturated rings. The van der Waals surface area contributed by atoms with E-state index in [4.69, 9.17) is 0 Å². The van der Waals surface area contributed by atoms with Gasteiger partial charge in [0.2, 0.25) is 0 Å². The van der Waals surface area contributed by atoms with E-state index in [0.717, 1.165) is 0 Å². The van der Waals surface area contributed by atoms with Gasteiger partial charge < -0.3 is 4.98 Å². The second-order valence-corrected chi connectivity index (χ2v) is 3.44. The van der Waals surface area contributed by atoms with Gasteiger partial charge in [0.05, 0.1) is 5.69 Å². The van der Waals surface area contributed by atoms with Crippen molar-refractivity contribution in [1.29, 1.82) is 0 Å². The predicted octanol–water partition coefficient (Wildman–Crippen LogP) is 3.23. The fraction of sp³-hybridized carbons (Fsp3) is 0.375. The summed E-state index contributed by atoms with van der Waals surface area (Å²) in [6.07, 6.45) is -7.88. The molecule has 0 bridgehead atoms. The van der Waals surface area contributed by atoms with Crippen LogP contribution in [0.5, 0.6) is 0 Å². The average Bonchev–Trinajstić information content (AvgIpc) is 2.14. The molecule has 0 radical (unpaired) electrons. The van der Waals surface area contributed by atoms with E-state index in [9.17, 15) is 26.7 Å². The Hall–Kier alpha value is -0.920. The first-order chi connectivity index (χ1) is 7.27. The van der Waals surface area contributed by atoms with Crippen LogP contribution in [-0.4, -0.2) is 4.98 Å². The summed E-state index contributed by atoms with van der Waals surface area (Å²) in [5.74, 6) is 0. The molecule has 1 N–H and O–H groups in total. The third-order valence-corrected chi connectivity index (χ3v) is 2.34. The average molecular weight is 306 g/mol. The summed E-state index contributed by atoms with van der Waals surface area (Å²) in [5.41, 5.74) is -4.34. The molecule has 16 heavy (non-hydrogen) atoms. The van der Waals surface area contributed by atoms with Gasteiger partial charge in [0.15, 0.2) is 5.43 Å². The van der Waals surface area contributed by atoms with Crippen molar-refractivity contribution in [3.8, 4) is 0 Å². The van der Waals surface area contributed by atoms with Gasteiger partial charge in [-0.1, -0.05) is 15.9 Å². The summed E-state index contributed by atoms with van der Waals surface area (Å²) in [6, 6.07) is 0.264. The number of aromatic nitrogens is 1. The zero-order valence-corrected chi connectivity index (χ0v) is 9.12. The lowest BCUT2D eigenvalue weighted by molar-refractivity contribution is -0.139. The van der Waals surface area contributed by atoms with Crippen LogP contribution in [0.1, 0.15) is 23.4 Å². The first-order valence-corrected chi connectivity index (χ1v) is 5.07. The molecule has 1 aromatic heterocycles. The maximum absolute atomic E-state index is 12.4. The predicted molar refractivity (Wildman–Crippen MR) is 49.7 cm³/mol. The molecule has 0 saturated carbocycles. The molecule has 1 rings (SSSR count). The highest BCUT2D eigenvalue weighted by Crippen LogP contribution is 2.30. The molecule has 2 nitrogen and oxygen atoms in total. The molecule has 0 aliphatic carbocycles. The lowest BCUT2D eigenvalue weighted by atomic mass is 10.1. The molecular formula is C8H5BrF5NO. The number of H-pyrrole nitrogens is 1. The minimum atomic E-state index is -4.86. The molecule has 1 heterocycles. The summed E-state index contributed by atoms with van der Waals surface area (Å²) >= 11 is 2.70. The van der Waals surface area contributed by atoms with E-state index in [1.807, 2.05) is 4.98 Å². The largest absolute Gasteiger partial charge is 0.421 e. The summed E-state index contributed by atoms with van der Waals surface area (Å²) in [4.78, 5) is 13.0. The minimum absolute atomic E-state index is 0.264. The molecule has 0 spiro atoms. The van der Waals surface area contributed by atoms with Crippen LogP contribution in [0.2, 0.25) is 0 Å². The molecule has 0 aromatic carbocycles. The van der Waals surface area contributed by atoms with Gasteiger partial charge in [-0.25, -0.2) is 8.78 Å². The molecule has 0 amide bonds. The fourth-order valence-electron chi connectivity index (χ4n) is 1.16. The summed E-state index contributed by atoms with van der Waals surface area (Å²) in [7, 11) is 0. The van der Waals surface area contributed by atoms with Crippen molar-refractivity contribution in [2.24, 2.45) is 0 Å². The lowest BCUT2D eigenvalue weighted by Gasteiger charge is -2.11. The number of aromatic amines is 1. The van der Waals surface area contributed by atoms with E-state index in [1.54, 1.807) is 0 Å². The number of pyridine rings is 1. The van der Waals surface area contributed by atoms with Crippen LogP contribution in [0, 0.1) is 0 Å². The van der Waals surface area contributed by atoms with Crippen LogP contribution in [0.15, 0.2) is 10.9 Å². The summed E-state index contributed by atoms with van der Waals surface area (Å²) in [6.45, 7) is 0. The van der Waals surface area contributed by atoms with Gasteiger partial charge in [-0.15, -0.1) is 0 Å². The van der Waals surface area contributed by atoms with Crippen LogP contribution in [-0.2, 0) is 11.5 Å². The number of hydrogen-bond acceptors (Lipinski definition) is 1. The topological polar surface area (TPSA) is 32.9 Å². The van der Waals surface area contributed by atoms with E-state index in [2.05, 4.69) is 15.9 Å². The summed E-state index contributed by atoms with van der Waals surface area (Å²) in [5, 5.41) is -0.363. The Labute approximate surface area is 94.6 Å². The van der Waals surface area contributed by atoms with Crippen LogP contribution >= 0.6 is 15.9 Å². The van der Waals surface area contributed by atoms with Crippen molar-refractivity contribution >= 4 is 15.9 Å². The molecule has 0 saturated heterocycles. The molecular weight excluding hydrogens is 301 g/mol. The smallest absolute Gasteiger partial charge is 0.356 e. The molecule has 0 aliphatic rings. The number of nitrogens with one attached hydrogen (secondary N) is 1. The number of halogens is 6. The monoisotopic (exact) mass is 305 g/mol. The molecule has 1 aromatic rings. The third kappa shape index (κ3) is 2.60. The zero-order chi connectivity index (χ0) is 12.5. The minimum Gasteiger partial charge on any atom is -0.356 e. The van der Waals surface area contributed by atoms with E-state index in [0.29, 0.717) is 0 Å². The van der Waals surface area contributed by atoms with E-state index < -0.39 is 35.0 Å². The van der Waals surface area contributed by atoms with Gasteiger partial charge in [0, 0.05) is 17.1 Å². The highest BCUT2D eigenvalue weighted by molar-refractivity contribution is 9.08. The molecule has 0 aliphatic heterocycles. The molecule has 0 unspecified atom stereocenters. The van der Waals surface area contributed by atoms with E-state index >= 15 is 0 Å². The van der Waals surface area contributed by atoms with Crippen molar-refractivity contribution < 1.29 is 22.0 Å². The van der Waals surface area contributed by atoms with Gasteiger partial charge in [0.1, 0.15) is 5.56 Å². The fourth-order valence-corrected chi connectivity index (χ4v) is 1.58. The number of rotatable bonds is 2. The first-order valence-electron chi connectivity index (χ1n) is 3.94. The maximum atomic E-state index is 12.4. The maximum Gasteiger partial charge on any atom is 0.421 e. The van der Waals surface area contributed by atoms with Crippen molar-refractivity contribution in [2.75, 3.05) is 0 Å². The van der Waals surface area contributed by atoms with Crippen molar-refractivity contribution in [3.63, 3.8) is 0 Å². The highest BCUT2D eigenvalue weighted by atomic mass is 79.9. The third-order valence-electron chi connectivity index (χ3n) is 1.78. The van der Waals surface area contributed by atoms with Crippen LogP contribution in [0.4, 0.5) is 22.0 Å². The highest BCUT2D eigenvalue weighted by Gasteiger charge is 2.37. The molecule has 90 valence electrons. The van der Waals surface area contributed by atoms with Gasteiger partial charge in [0.25, 0.3) is 6.43 Å². The van der Waals surface area contributed by atoms with Crippen molar-refractivity contribution in [3.05, 3.63) is 33.2 Å². The Morgan fingerprint density at radius 1 is 1.38 bits per heavy atom. The zero-order valence-electron chi connectivity index (χ0n) is 7.54. The van der Waals surface area contributed by atoms with Crippen molar-refractivity contribution in [2.45, 2.75) is 17.9 Å². The van der Waals surface area contributed by atoms with Crippen LogP contribution in [0.25, 0.3) is 0 Å². The van der Waals surface area contributed by atoms with Crippen LogP contribution < -0.4 is 5.43 Å². The second-order valence-electron chi connectivity index (χ2n) is 2.87. The normalized spacial score (nSPS) is 12.2. The Morgan fingerprint density at radius 2 is 1.94 bits per heavy atom. The summed E-state index contributed by atoms with van der Waals surface area (Å²) < 4.78 is 61.7. The van der Waals surface area contributed by atoms with E-state index in [-0.39, 0.29) is 11.4 Å². The number of alkyl halides is 6. The SMILES string of the molecule is O=c1cc(C(F)F)[nH]c(CBr)c1C(F)(F)F. The Kier molecular flexibility index (Phi) is 3.72. The molecule has 0 atom stereocenters.